The number of hydrogen-bond donors (Lipinski definition) is 6. The molecule has 7 N–H and O–H groups in total. The fraction of sp³-hybridized carbons (Fsp3) is 0.409. The summed E-state index contributed by atoms with van der Waals surface area (Å²) >= 11 is 0. The second-order valence-electron chi connectivity index (χ2n) is 8.79. The van der Waals surface area contributed by atoms with Crippen LogP contribution in [0.1, 0.15) is 24.0 Å². The highest BCUT2D eigenvalue weighted by atomic mass is 16.4. The van der Waals surface area contributed by atoms with E-state index < -0.39 is 75.6 Å². The Hall–Kier alpha value is -3.21. The summed E-state index contributed by atoms with van der Waals surface area (Å²) in [7, 11) is 2.92. The van der Waals surface area contributed by atoms with Gasteiger partial charge in [-0.2, -0.15) is 0 Å². The van der Waals surface area contributed by atoms with Crippen LogP contribution in [0.2, 0.25) is 0 Å². The van der Waals surface area contributed by atoms with Crippen LogP contribution in [0.25, 0.3) is 5.76 Å². The quantitative estimate of drug-likeness (QED) is 0.327. The summed E-state index contributed by atoms with van der Waals surface area (Å²) in [6.07, 6.45) is -1.59. The molecule has 1 saturated carbocycles. The Morgan fingerprint density at radius 2 is 1.78 bits per heavy atom. The number of nitrogens with two attached hydrogens (primary N) is 1. The van der Waals surface area contributed by atoms with Crippen LogP contribution < -0.4 is 5.73 Å². The molecule has 4 rings (SSSR count). The Morgan fingerprint density at radius 1 is 1.16 bits per heavy atom. The first-order valence-corrected chi connectivity index (χ1v) is 10.0. The minimum Gasteiger partial charge on any atom is -0.508 e. The summed E-state index contributed by atoms with van der Waals surface area (Å²) in [5.74, 6) is -8.87. The molecule has 10 heteroatoms. The van der Waals surface area contributed by atoms with Crippen molar-refractivity contribution in [1.29, 1.82) is 0 Å². The Labute approximate surface area is 182 Å². The molecular weight excluding hydrogens is 420 g/mol. The lowest BCUT2D eigenvalue weighted by Crippen LogP contribution is -2.70. The Bertz CT molecular complexity index is 1140. The second kappa shape index (κ2) is 6.89. The van der Waals surface area contributed by atoms with Gasteiger partial charge in [0.1, 0.15) is 22.8 Å². The maximum absolute atomic E-state index is 13.7. The van der Waals surface area contributed by atoms with Crippen molar-refractivity contribution in [3.63, 3.8) is 0 Å². The Morgan fingerprint density at radius 3 is 2.34 bits per heavy atom. The summed E-state index contributed by atoms with van der Waals surface area (Å²) in [6.45, 7) is 1.68. The first-order valence-electron chi connectivity index (χ1n) is 10.0. The van der Waals surface area contributed by atoms with E-state index >= 15 is 0 Å². The fourth-order valence-electron chi connectivity index (χ4n) is 5.58. The zero-order valence-electron chi connectivity index (χ0n) is 17.6. The summed E-state index contributed by atoms with van der Waals surface area (Å²) < 4.78 is 0. The van der Waals surface area contributed by atoms with Crippen LogP contribution in [0.3, 0.4) is 0 Å². The van der Waals surface area contributed by atoms with Crippen molar-refractivity contribution >= 4 is 23.2 Å². The van der Waals surface area contributed by atoms with Crippen LogP contribution >= 0.6 is 0 Å². The number of rotatable bonds is 2. The minimum atomic E-state index is -2.89. The number of phenols is 1. The van der Waals surface area contributed by atoms with Crippen molar-refractivity contribution in [2.24, 2.45) is 17.6 Å². The van der Waals surface area contributed by atoms with Gasteiger partial charge in [0.25, 0.3) is 5.91 Å². The van der Waals surface area contributed by atoms with Crippen molar-refractivity contribution < 1.29 is 39.9 Å². The predicted molar refractivity (Wildman–Crippen MR) is 110 cm³/mol. The first kappa shape index (κ1) is 22.0. The highest BCUT2D eigenvalue weighted by Crippen LogP contribution is 2.55. The fourth-order valence-corrected chi connectivity index (χ4v) is 5.58. The number of aliphatic hydroxyl groups is 4. The van der Waals surface area contributed by atoms with Crippen LogP contribution in [0.5, 0.6) is 5.75 Å². The molecule has 0 aromatic heterocycles. The minimum absolute atomic E-state index is 0.0245. The van der Waals surface area contributed by atoms with E-state index in [1.165, 1.54) is 25.1 Å². The molecule has 170 valence electrons. The first-order chi connectivity index (χ1) is 14.9. The standard InChI is InChI=1S/C22H24N2O8/c1-7-8-5-4-6-9(25)11(8)16(26)12-10(7)17(27)14-15(24(2)3)18(28)13(21(23)31)20(30)22(14,32)19(12)29/h4-7,10,14-15,17,25-27,30,32H,1-3H3,(H2,23,31)/t7-,10-,14-,15+,17+,22-/m0/s1. The largest absolute Gasteiger partial charge is 0.508 e. The van der Waals surface area contributed by atoms with Gasteiger partial charge in [-0.1, -0.05) is 19.1 Å². The smallest absolute Gasteiger partial charge is 0.255 e. The maximum atomic E-state index is 13.7. The third kappa shape index (κ3) is 2.48. The topological polar surface area (TPSA) is 182 Å². The van der Waals surface area contributed by atoms with Crippen molar-refractivity contribution in [2.75, 3.05) is 14.1 Å². The van der Waals surface area contributed by atoms with Gasteiger partial charge in [-0.25, -0.2) is 0 Å². The molecule has 3 aliphatic carbocycles. The van der Waals surface area contributed by atoms with E-state index in [-0.39, 0.29) is 11.3 Å². The molecule has 32 heavy (non-hydrogen) atoms. The number of nitrogens with zero attached hydrogens (tertiary/aromatic N) is 1. The van der Waals surface area contributed by atoms with Crippen molar-refractivity contribution in [3.8, 4) is 5.75 Å². The Balaban J connectivity index is 2.07. The van der Waals surface area contributed by atoms with E-state index in [9.17, 15) is 39.9 Å². The van der Waals surface area contributed by atoms with Crippen LogP contribution in [0.4, 0.5) is 0 Å². The van der Waals surface area contributed by atoms with Gasteiger partial charge in [0.2, 0.25) is 5.78 Å². The van der Waals surface area contributed by atoms with E-state index in [2.05, 4.69) is 0 Å². The average Bonchev–Trinajstić information content (AvgIpc) is 2.70. The number of fused-ring (bicyclic) bond motifs is 3. The lowest BCUT2D eigenvalue weighted by atomic mass is 9.54. The van der Waals surface area contributed by atoms with Gasteiger partial charge >= 0.3 is 0 Å². The van der Waals surface area contributed by atoms with E-state index in [1.54, 1.807) is 19.1 Å². The van der Waals surface area contributed by atoms with Gasteiger partial charge in [-0.15, -0.1) is 0 Å². The number of hydrogen-bond acceptors (Lipinski definition) is 9. The number of phenolic OH excluding ortho intramolecular Hbond substituents is 1. The molecule has 0 aliphatic heterocycles. The molecule has 1 amide bonds. The lowest BCUT2D eigenvalue weighted by Gasteiger charge is -2.53. The number of aliphatic hydroxyl groups excluding tert-OH is 3. The van der Waals surface area contributed by atoms with Crippen LogP contribution in [-0.2, 0) is 14.4 Å². The lowest BCUT2D eigenvalue weighted by molar-refractivity contribution is -0.169. The van der Waals surface area contributed by atoms with Crippen LogP contribution in [0, 0.1) is 11.8 Å². The highest BCUT2D eigenvalue weighted by Gasteiger charge is 2.68. The van der Waals surface area contributed by atoms with Gasteiger partial charge in [0.05, 0.1) is 23.6 Å². The van der Waals surface area contributed by atoms with Crippen LogP contribution in [0.15, 0.2) is 35.1 Å². The summed E-state index contributed by atoms with van der Waals surface area (Å²) in [4.78, 5) is 40.0. The van der Waals surface area contributed by atoms with E-state index in [0.717, 1.165) is 0 Å². The predicted octanol–water partition coefficient (Wildman–Crippen LogP) is -0.504. The number of amides is 1. The van der Waals surface area contributed by atoms with E-state index in [0.29, 0.717) is 5.56 Å². The molecule has 0 unspecified atom stereocenters. The molecule has 0 radical (unpaired) electrons. The summed E-state index contributed by atoms with van der Waals surface area (Å²) in [6, 6.07) is 3.13. The number of benzene rings is 1. The molecule has 3 aliphatic rings. The van der Waals surface area contributed by atoms with Gasteiger partial charge < -0.3 is 31.3 Å². The molecule has 0 heterocycles. The number of aromatic hydroxyl groups is 1. The number of Topliss-reactive ketones (excluding diaryl/α,β-unsaturated/α-hetero) is 2. The van der Waals surface area contributed by atoms with E-state index in [4.69, 9.17) is 5.73 Å². The molecule has 0 bridgehead atoms. The molecular formula is C22H24N2O8. The van der Waals surface area contributed by atoms with Gasteiger partial charge in [-0.05, 0) is 31.6 Å². The molecule has 1 aromatic rings. The molecule has 10 nitrogen and oxygen atoms in total. The maximum Gasteiger partial charge on any atom is 0.255 e. The summed E-state index contributed by atoms with van der Waals surface area (Å²) in [5, 5.41) is 54.9. The zero-order chi connectivity index (χ0) is 23.9. The molecule has 1 fully saturated rings. The number of primary amides is 1. The molecule has 0 saturated heterocycles. The normalized spacial score (nSPS) is 34.4. The van der Waals surface area contributed by atoms with Crippen LogP contribution in [-0.4, -0.2) is 79.7 Å². The SMILES string of the molecule is C[C@H]1c2cccc(O)c2C(O)=C2C(=O)[C@]3(O)C(O)=C(C(N)=O)C(=O)[C@H](N(C)C)[C@H]3[C@H](O)[C@H]21. The van der Waals surface area contributed by atoms with Crippen molar-refractivity contribution in [3.05, 3.63) is 46.2 Å². The highest BCUT2D eigenvalue weighted by molar-refractivity contribution is 6.24. The third-order valence-corrected chi connectivity index (χ3v) is 6.99. The third-order valence-electron chi connectivity index (χ3n) is 6.99. The monoisotopic (exact) mass is 444 g/mol. The zero-order valence-corrected chi connectivity index (χ0v) is 17.6. The van der Waals surface area contributed by atoms with Crippen molar-refractivity contribution in [1.82, 2.24) is 4.90 Å². The summed E-state index contributed by atoms with van der Waals surface area (Å²) in [5.41, 5.74) is 1.47. The van der Waals surface area contributed by atoms with Crippen molar-refractivity contribution in [2.45, 2.75) is 30.6 Å². The second-order valence-corrected chi connectivity index (χ2v) is 8.79. The van der Waals surface area contributed by atoms with Gasteiger partial charge in [0, 0.05) is 11.5 Å². The number of carbonyl (C=O) groups is 3. The Kier molecular flexibility index (Phi) is 4.74. The molecule has 1 aromatic carbocycles. The number of likely N-dealkylation sites (N-methyl/N-ethyl adjacent to an activating group) is 1. The van der Waals surface area contributed by atoms with E-state index in [1.807, 2.05) is 0 Å². The number of carbonyl (C=O) groups excluding carboxylic acids is 3. The van der Waals surface area contributed by atoms with Gasteiger partial charge in [0.15, 0.2) is 11.4 Å². The molecule has 6 atom stereocenters. The number of ketones is 2. The van der Waals surface area contributed by atoms with Gasteiger partial charge in [-0.3, -0.25) is 19.3 Å². The molecule has 0 spiro atoms. The average molecular weight is 444 g/mol.